The number of nitrogens with zero attached hydrogens (tertiary/aromatic N) is 1. The normalized spacial score (nSPS) is 15.4. The summed E-state index contributed by atoms with van der Waals surface area (Å²) in [6, 6.07) is 11.7. The number of hydrogen-bond donors (Lipinski definition) is 1. The highest BCUT2D eigenvalue weighted by Crippen LogP contribution is 2.26. The number of carbonyl (C=O) groups excluding carboxylic acids is 1. The molecule has 1 saturated heterocycles. The smallest absolute Gasteiger partial charge is 0.248 e. The minimum absolute atomic E-state index is 0.277. The molecule has 1 heterocycles. The van der Waals surface area contributed by atoms with Gasteiger partial charge in [0.25, 0.3) is 0 Å². The zero-order valence-corrected chi connectivity index (χ0v) is 18.7. The summed E-state index contributed by atoms with van der Waals surface area (Å²) in [5.74, 6) is 0.816. The number of nitrogens with one attached hydrogen (secondary N) is 1. The fourth-order valence-corrected chi connectivity index (χ4v) is 4.93. The molecule has 0 radical (unpaired) electrons. The molecule has 0 spiro atoms. The summed E-state index contributed by atoms with van der Waals surface area (Å²) in [4.78, 5) is 12.5. The Morgan fingerprint density at radius 1 is 0.935 bits per heavy atom. The van der Waals surface area contributed by atoms with Crippen LogP contribution in [-0.4, -0.2) is 45.9 Å². The molecule has 1 fully saturated rings. The predicted molar refractivity (Wildman–Crippen MR) is 121 cm³/mol. The van der Waals surface area contributed by atoms with Gasteiger partial charge in [0.15, 0.2) is 0 Å². The maximum Gasteiger partial charge on any atom is 0.248 e. The van der Waals surface area contributed by atoms with Gasteiger partial charge in [-0.3, -0.25) is 4.79 Å². The monoisotopic (exact) mass is 444 g/mol. The molecule has 3 rings (SSSR count). The van der Waals surface area contributed by atoms with Gasteiger partial charge >= 0.3 is 0 Å². The van der Waals surface area contributed by atoms with Crippen LogP contribution in [0.3, 0.4) is 0 Å². The molecule has 1 aliphatic heterocycles. The standard InChI is InChI=1S/C23H28N2O5S/c1-29-20-15-19(16-21(17-20)30-2)24-23(26)12-9-18-7-10-22(11-8-18)31(27,28)25-13-5-3-4-6-14-25/h7-12,15-17H,3-6,13-14H2,1-2H3,(H,24,26)/b12-9+. The number of rotatable bonds is 7. The lowest BCUT2D eigenvalue weighted by molar-refractivity contribution is -0.111. The first-order chi connectivity index (χ1) is 14.9. The quantitative estimate of drug-likeness (QED) is 0.655. The van der Waals surface area contributed by atoms with Crippen LogP contribution in [0.2, 0.25) is 0 Å². The van der Waals surface area contributed by atoms with Gasteiger partial charge in [0.05, 0.1) is 19.1 Å². The zero-order valence-electron chi connectivity index (χ0n) is 17.8. The van der Waals surface area contributed by atoms with Crippen molar-refractivity contribution in [2.75, 3.05) is 32.6 Å². The molecule has 0 unspecified atom stereocenters. The van der Waals surface area contributed by atoms with E-state index in [1.165, 1.54) is 20.3 Å². The summed E-state index contributed by atoms with van der Waals surface area (Å²) >= 11 is 0. The van der Waals surface area contributed by atoms with Gasteiger partial charge in [-0.05, 0) is 36.6 Å². The number of anilines is 1. The number of benzene rings is 2. The minimum Gasteiger partial charge on any atom is -0.497 e. The number of methoxy groups -OCH3 is 2. The maximum atomic E-state index is 12.8. The second kappa shape index (κ2) is 10.5. The summed E-state index contributed by atoms with van der Waals surface area (Å²) in [6.45, 7) is 1.14. The SMILES string of the molecule is COc1cc(NC(=O)/C=C/c2ccc(S(=O)(=O)N3CCCCCC3)cc2)cc(OC)c1. The molecule has 1 N–H and O–H groups in total. The molecule has 1 amide bonds. The van der Waals surface area contributed by atoms with E-state index in [9.17, 15) is 13.2 Å². The number of hydrogen-bond acceptors (Lipinski definition) is 5. The number of sulfonamides is 1. The highest BCUT2D eigenvalue weighted by Gasteiger charge is 2.24. The largest absolute Gasteiger partial charge is 0.497 e. The summed E-state index contributed by atoms with van der Waals surface area (Å²) in [7, 11) is -0.404. The fraction of sp³-hybridized carbons (Fsp3) is 0.348. The van der Waals surface area contributed by atoms with Crippen molar-refractivity contribution in [2.24, 2.45) is 0 Å². The van der Waals surface area contributed by atoms with Crippen molar-refractivity contribution in [3.8, 4) is 11.5 Å². The third-order valence-corrected chi connectivity index (χ3v) is 7.04. The van der Waals surface area contributed by atoms with Gasteiger partial charge in [-0.2, -0.15) is 4.31 Å². The van der Waals surface area contributed by atoms with Gasteiger partial charge < -0.3 is 14.8 Å². The van der Waals surface area contributed by atoms with Crippen LogP contribution in [0.5, 0.6) is 11.5 Å². The molecule has 7 nitrogen and oxygen atoms in total. The van der Waals surface area contributed by atoms with E-state index in [4.69, 9.17) is 9.47 Å². The second-order valence-electron chi connectivity index (χ2n) is 7.31. The van der Waals surface area contributed by atoms with Crippen LogP contribution < -0.4 is 14.8 Å². The molecular weight excluding hydrogens is 416 g/mol. The molecule has 2 aromatic carbocycles. The Labute approximate surface area is 183 Å². The Morgan fingerprint density at radius 3 is 2.06 bits per heavy atom. The van der Waals surface area contributed by atoms with Crippen LogP contribution >= 0.6 is 0 Å². The molecule has 0 bridgehead atoms. The van der Waals surface area contributed by atoms with E-state index in [1.54, 1.807) is 52.8 Å². The van der Waals surface area contributed by atoms with Crippen molar-refractivity contribution >= 4 is 27.7 Å². The first-order valence-corrected chi connectivity index (χ1v) is 11.7. The average Bonchev–Trinajstić information content (AvgIpc) is 3.08. The van der Waals surface area contributed by atoms with Gasteiger partial charge in [0, 0.05) is 43.1 Å². The van der Waals surface area contributed by atoms with Crippen LogP contribution in [0.1, 0.15) is 31.2 Å². The second-order valence-corrected chi connectivity index (χ2v) is 9.25. The lowest BCUT2D eigenvalue weighted by Crippen LogP contribution is -2.31. The number of ether oxygens (including phenoxy) is 2. The van der Waals surface area contributed by atoms with Gasteiger partial charge in [-0.25, -0.2) is 8.42 Å². The summed E-state index contributed by atoms with van der Waals surface area (Å²) in [5.41, 5.74) is 1.28. The molecule has 31 heavy (non-hydrogen) atoms. The van der Waals surface area contributed by atoms with Crippen molar-refractivity contribution in [2.45, 2.75) is 30.6 Å². The number of amides is 1. The van der Waals surface area contributed by atoms with Gasteiger partial charge in [0.2, 0.25) is 15.9 Å². The van der Waals surface area contributed by atoms with E-state index in [-0.39, 0.29) is 10.8 Å². The third-order valence-electron chi connectivity index (χ3n) is 5.13. The lowest BCUT2D eigenvalue weighted by Gasteiger charge is -2.19. The van der Waals surface area contributed by atoms with Crippen molar-refractivity contribution in [3.63, 3.8) is 0 Å². The fourth-order valence-electron chi connectivity index (χ4n) is 3.42. The molecular formula is C23H28N2O5S. The average molecular weight is 445 g/mol. The Hall–Kier alpha value is -2.84. The van der Waals surface area contributed by atoms with Crippen molar-refractivity contribution in [1.29, 1.82) is 0 Å². The van der Waals surface area contributed by atoms with E-state index >= 15 is 0 Å². The first kappa shape index (κ1) is 22.8. The van der Waals surface area contributed by atoms with E-state index in [2.05, 4.69) is 5.32 Å². The van der Waals surface area contributed by atoms with Crippen LogP contribution in [0.25, 0.3) is 6.08 Å². The van der Waals surface area contributed by atoms with Crippen LogP contribution in [0, 0.1) is 0 Å². The minimum atomic E-state index is -3.48. The Morgan fingerprint density at radius 2 is 1.52 bits per heavy atom. The molecule has 0 saturated carbocycles. The highest BCUT2D eigenvalue weighted by atomic mass is 32.2. The molecule has 0 aromatic heterocycles. The molecule has 0 aliphatic carbocycles. The van der Waals surface area contributed by atoms with E-state index in [0.29, 0.717) is 30.3 Å². The maximum absolute atomic E-state index is 12.8. The number of carbonyl (C=O) groups is 1. The molecule has 2 aromatic rings. The Kier molecular flexibility index (Phi) is 7.70. The lowest BCUT2D eigenvalue weighted by atomic mass is 10.2. The predicted octanol–water partition coefficient (Wildman–Crippen LogP) is 3.92. The van der Waals surface area contributed by atoms with Crippen LogP contribution in [0.15, 0.2) is 53.4 Å². The molecule has 8 heteroatoms. The van der Waals surface area contributed by atoms with Crippen molar-refractivity contribution in [3.05, 3.63) is 54.1 Å². The summed E-state index contributed by atoms with van der Waals surface area (Å²) in [5, 5.41) is 2.76. The molecule has 166 valence electrons. The van der Waals surface area contributed by atoms with E-state index in [0.717, 1.165) is 31.2 Å². The van der Waals surface area contributed by atoms with Crippen molar-refractivity contribution < 1.29 is 22.7 Å². The highest BCUT2D eigenvalue weighted by molar-refractivity contribution is 7.89. The van der Waals surface area contributed by atoms with Crippen LogP contribution in [-0.2, 0) is 14.8 Å². The topological polar surface area (TPSA) is 84.9 Å². The van der Waals surface area contributed by atoms with E-state index < -0.39 is 10.0 Å². The Balaban J connectivity index is 1.66. The Bertz CT molecular complexity index is 1000. The van der Waals surface area contributed by atoms with Crippen molar-refractivity contribution in [1.82, 2.24) is 4.31 Å². The first-order valence-electron chi connectivity index (χ1n) is 10.2. The van der Waals surface area contributed by atoms with Gasteiger partial charge in [-0.1, -0.05) is 25.0 Å². The summed E-state index contributed by atoms with van der Waals surface area (Å²) in [6.07, 6.45) is 6.96. The molecule has 1 aliphatic rings. The zero-order chi connectivity index (χ0) is 22.3. The van der Waals surface area contributed by atoms with Crippen LogP contribution in [0.4, 0.5) is 5.69 Å². The summed E-state index contributed by atoms with van der Waals surface area (Å²) < 4.78 is 37.7. The van der Waals surface area contributed by atoms with Gasteiger partial charge in [0.1, 0.15) is 11.5 Å². The molecule has 0 atom stereocenters. The van der Waals surface area contributed by atoms with Gasteiger partial charge in [-0.15, -0.1) is 0 Å². The van der Waals surface area contributed by atoms with E-state index in [1.807, 2.05) is 0 Å². The third kappa shape index (κ3) is 6.08.